The molecule has 0 saturated heterocycles. The minimum atomic E-state index is -0.187. The number of ether oxygens (including phenoxy) is 1. The summed E-state index contributed by atoms with van der Waals surface area (Å²) in [5.41, 5.74) is 0.629. The summed E-state index contributed by atoms with van der Waals surface area (Å²) in [5, 5.41) is 6.46. The Hall–Kier alpha value is -1.09. The molecule has 0 atom stereocenters. The van der Waals surface area contributed by atoms with Crippen LogP contribution in [0.1, 0.15) is 12.8 Å². The van der Waals surface area contributed by atoms with Crippen LogP contribution < -0.4 is 15.5 Å². The lowest BCUT2D eigenvalue weighted by Crippen LogP contribution is -2.39. The van der Waals surface area contributed by atoms with Crippen molar-refractivity contribution in [3.8, 4) is 0 Å². The number of hydrogen-bond acceptors (Lipinski definition) is 3. The minimum absolute atomic E-state index is 0. The fraction of sp³-hybridized carbons (Fsp3) is 0.562. The SMILES string of the molecule is CN=C(NCCCOC)NCCCN(C)c1ccccc1F.I. The lowest BCUT2D eigenvalue weighted by atomic mass is 10.2. The Morgan fingerprint density at radius 2 is 1.87 bits per heavy atom. The van der Waals surface area contributed by atoms with Crippen LogP contribution in [0, 0.1) is 5.82 Å². The van der Waals surface area contributed by atoms with Gasteiger partial charge >= 0.3 is 0 Å². The Morgan fingerprint density at radius 3 is 2.48 bits per heavy atom. The Kier molecular flexibility index (Phi) is 12.7. The maximum absolute atomic E-state index is 13.6. The second-order valence-corrected chi connectivity index (χ2v) is 5.00. The third-order valence-corrected chi connectivity index (χ3v) is 3.27. The van der Waals surface area contributed by atoms with Crippen LogP contribution in [0.2, 0.25) is 0 Å². The van der Waals surface area contributed by atoms with E-state index in [1.54, 1.807) is 26.3 Å². The van der Waals surface area contributed by atoms with Crippen molar-refractivity contribution in [1.29, 1.82) is 0 Å². The molecule has 1 aromatic carbocycles. The molecule has 0 aliphatic carbocycles. The second kappa shape index (κ2) is 13.4. The summed E-state index contributed by atoms with van der Waals surface area (Å²) in [4.78, 5) is 6.08. The number of anilines is 1. The topological polar surface area (TPSA) is 48.9 Å². The highest BCUT2D eigenvalue weighted by Crippen LogP contribution is 2.16. The largest absolute Gasteiger partial charge is 0.385 e. The quantitative estimate of drug-likeness (QED) is 0.269. The van der Waals surface area contributed by atoms with Gasteiger partial charge in [0.25, 0.3) is 0 Å². The summed E-state index contributed by atoms with van der Waals surface area (Å²) in [7, 11) is 5.34. The molecular weight excluding hydrogens is 410 g/mol. The molecule has 0 spiro atoms. The van der Waals surface area contributed by atoms with Gasteiger partial charge in [0.1, 0.15) is 5.82 Å². The number of para-hydroxylation sites is 1. The second-order valence-electron chi connectivity index (χ2n) is 5.00. The molecule has 5 nitrogen and oxygen atoms in total. The van der Waals surface area contributed by atoms with Crippen molar-refractivity contribution in [2.45, 2.75) is 12.8 Å². The van der Waals surface area contributed by atoms with Gasteiger partial charge in [-0.3, -0.25) is 4.99 Å². The molecule has 1 aromatic rings. The molecule has 23 heavy (non-hydrogen) atoms. The van der Waals surface area contributed by atoms with Crippen molar-refractivity contribution < 1.29 is 9.13 Å². The zero-order chi connectivity index (χ0) is 16.2. The summed E-state index contributed by atoms with van der Waals surface area (Å²) in [6.07, 6.45) is 1.83. The average Bonchev–Trinajstić information content (AvgIpc) is 2.53. The molecule has 0 saturated carbocycles. The van der Waals surface area contributed by atoms with E-state index in [2.05, 4.69) is 15.6 Å². The molecule has 0 aliphatic rings. The van der Waals surface area contributed by atoms with Gasteiger partial charge < -0.3 is 20.3 Å². The molecule has 1 rings (SSSR count). The molecule has 0 fully saturated rings. The molecule has 0 radical (unpaired) electrons. The smallest absolute Gasteiger partial charge is 0.190 e. The van der Waals surface area contributed by atoms with Crippen LogP contribution in [0.25, 0.3) is 0 Å². The summed E-state index contributed by atoms with van der Waals surface area (Å²) in [5.74, 6) is 0.596. The summed E-state index contributed by atoms with van der Waals surface area (Å²) >= 11 is 0. The number of benzene rings is 1. The lowest BCUT2D eigenvalue weighted by molar-refractivity contribution is 0.195. The first-order valence-corrected chi connectivity index (χ1v) is 7.58. The van der Waals surface area contributed by atoms with E-state index in [1.807, 2.05) is 18.0 Å². The van der Waals surface area contributed by atoms with Gasteiger partial charge in [0.05, 0.1) is 5.69 Å². The number of nitrogens with zero attached hydrogens (tertiary/aromatic N) is 2. The van der Waals surface area contributed by atoms with Crippen LogP contribution in [-0.2, 0) is 4.74 Å². The van der Waals surface area contributed by atoms with E-state index in [4.69, 9.17) is 4.74 Å². The predicted octanol–water partition coefficient (Wildman–Crippen LogP) is 2.47. The van der Waals surface area contributed by atoms with Gasteiger partial charge in [-0.05, 0) is 25.0 Å². The summed E-state index contributed by atoms with van der Waals surface area (Å²) < 4.78 is 18.6. The molecule has 132 valence electrons. The van der Waals surface area contributed by atoms with Crippen molar-refractivity contribution in [2.75, 3.05) is 52.3 Å². The van der Waals surface area contributed by atoms with Crippen molar-refractivity contribution in [3.05, 3.63) is 30.1 Å². The molecule has 0 amide bonds. The molecule has 0 unspecified atom stereocenters. The number of aliphatic imine (C=N–C) groups is 1. The Morgan fingerprint density at radius 1 is 1.22 bits per heavy atom. The van der Waals surface area contributed by atoms with Gasteiger partial charge in [-0.1, -0.05) is 12.1 Å². The standard InChI is InChI=1S/C16H27FN4O.HI/c1-18-16(20-11-7-13-22-3)19-10-6-12-21(2)15-9-5-4-8-14(15)17;/h4-5,8-9H,6-7,10-13H2,1-3H3,(H2,18,19,20);1H. The van der Waals surface area contributed by atoms with Gasteiger partial charge in [0.15, 0.2) is 5.96 Å². The van der Waals surface area contributed by atoms with E-state index >= 15 is 0 Å². The predicted molar refractivity (Wildman–Crippen MR) is 106 cm³/mol. The number of rotatable bonds is 9. The Labute approximate surface area is 155 Å². The van der Waals surface area contributed by atoms with Crippen LogP contribution in [-0.4, -0.2) is 53.4 Å². The van der Waals surface area contributed by atoms with E-state index in [0.29, 0.717) is 5.69 Å². The van der Waals surface area contributed by atoms with Crippen LogP contribution in [0.15, 0.2) is 29.3 Å². The zero-order valence-corrected chi connectivity index (χ0v) is 16.5. The number of halogens is 2. The van der Waals surface area contributed by atoms with E-state index < -0.39 is 0 Å². The van der Waals surface area contributed by atoms with Crippen molar-refractivity contribution in [1.82, 2.24) is 10.6 Å². The summed E-state index contributed by atoms with van der Waals surface area (Å²) in [6, 6.07) is 6.82. The van der Waals surface area contributed by atoms with Crippen molar-refractivity contribution in [3.63, 3.8) is 0 Å². The van der Waals surface area contributed by atoms with Gasteiger partial charge in [-0.25, -0.2) is 4.39 Å². The molecule has 0 aromatic heterocycles. The van der Waals surface area contributed by atoms with Gasteiger partial charge in [0.2, 0.25) is 0 Å². The first-order chi connectivity index (χ1) is 10.7. The van der Waals surface area contributed by atoms with E-state index in [0.717, 1.165) is 45.0 Å². The van der Waals surface area contributed by atoms with Gasteiger partial charge in [0, 0.05) is 47.4 Å². The average molecular weight is 438 g/mol. The fourth-order valence-electron chi connectivity index (χ4n) is 2.05. The maximum Gasteiger partial charge on any atom is 0.190 e. The van der Waals surface area contributed by atoms with Gasteiger partial charge in [-0.2, -0.15) is 0 Å². The Bertz CT molecular complexity index is 459. The van der Waals surface area contributed by atoms with Crippen LogP contribution in [0.5, 0.6) is 0 Å². The van der Waals surface area contributed by atoms with Crippen LogP contribution in [0.3, 0.4) is 0 Å². The minimum Gasteiger partial charge on any atom is -0.385 e. The monoisotopic (exact) mass is 438 g/mol. The highest BCUT2D eigenvalue weighted by atomic mass is 127. The Balaban J connectivity index is 0.00000484. The molecule has 2 N–H and O–H groups in total. The third kappa shape index (κ3) is 8.95. The molecule has 0 aliphatic heterocycles. The van der Waals surface area contributed by atoms with E-state index in [1.165, 1.54) is 6.07 Å². The number of guanidine groups is 1. The number of methoxy groups -OCH3 is 1. The third-order valence-electron chi connectivity index (χ3n) is 3.27. The maximum atomic E-state index is 13.6. The first-order valence-electron chi connectivity index (χ1n) is 7.58. The fourth-order valence-corrected chi connectivity index (χ4v) is 2.05. The van der Waals surface area contributed by atoms with Crippen molar-refractivity contribution >= 4 is 35.6 Å². The number of hydrogen-bond donors (Lipinski definition) is 2. The van der Waals surface area contributed by atoms with Crippen LogP contribution in [0.4, 0.5) is 10.1 Å². The lowest BCUT2D eigenvalue weighted by Gasteiger charge is -2.20. The van der Waals surface area contributed by atoms with Gasteiger partial charge in [-0.15, -0.1) is 24.0 Å². The first kappa shape index (κ1) is 21.9. The summed E-state index contributed by atoms with van der Waals surface area (Å²) in [6.45, 7) is 3.11. The van der Waals surface area contributed by atoms with Crippen molar-refractivity contribution in [2.24, 2.45) is 4.99 Å². The molecule has 0 bridgehead atoms. The highest BCUT2D eigenvalue weighted by molar-refractivity contribution is 14.0. The molecule has 0 heterocycles. The number of nitrogens with one attached hydrogen (secondary N) is 2. The zero-order valence-electron chi connectivity index (χ0n) is 14.1. The molecular formula is C16H28FIN4O. The van der Waals surface area contributed by atoms with E-state index in [-0.39, 0.29) is 29.8 Å². The normalized spacial score (nSPS) is 10.9. The van der Waals surface area contributed by atoms with Crippen LogP contribution >= 0.6 is 24.0 Å². The highest BCUT2D eigenvalue weighted by Gasteiger charge is 2.05. The van der Waals surface area contributed by atoms with E-state index in [9.17, 15) is 4.39 Å². The molecule has 7 heteroatoms.